The highest BCUT2D eigenvalue weighted by molar-refractivity contribution is 5.81. The molecule has 1 aromatic rings. The van der Waals surface area contributed by atoms with Crippen LogP contribution in [0.1, 0.15) is 24.2 Å². The van der Waals surface area contributed by atoms with Crippen LogP contribution in [0.2, 0.25) is 0 Å². The van der Waals surface area contributed by atoms with Gasteiger partial charge in [-0.3, -0.25) is 0 Å². The molecular weight excluding hydrogens is 166 g/mol. The van der Waals surface area contributed by atoms with Crippen molar-refractivity contribution < 1.29 is 9.94 Å². The van der Waals surface area contributed by atoms with Crippen LogP contribution in [-0.4, -0.2) is 18.5 Å². The number of nitrogens with zero attached hydrogens (tertiary/aromatic N) is 1. The third-order valence-electron chi connectivity index (χ3n) is 1.98. The quantitative estimate of drug-likeness (QED) is 0.439. The maximum absolute atomic E-state index is 8.43. The van der Waals surface area contributed by atoms with E-state index in [0.717, 1.165) is 11.1 Å². The Labute approximate surface area is 77.6 Å². The Kier molecular flexibility index (Phi) is 3.46. The number of ether oxygens (including phenoxy) is 1. The Bertz CT molecular complexity index is 297. The van der Waals surface area contributed by atoms with Crippen molar-refractivity contribution >= 4 is 6.21 Å². The van der Waals surface area contributed by atoms with Crippen LogP contribution in [0.25, 0.3) is 0 Å². The van der Waals surface area contributed by atoms with Gasteiger partial charge in [0.1, 0.15) is 0 Å². The minimum absolute atomic E-state index is 0.00852. The van der Waals surface area contributed by atoms with Crippen molar-refractivity contribution in [1.82, 2.24) is 0 Å². The topological polar surface area (TPSA) is 41.8 Å². The molecule has 0 fully saturated rings. The van der Waals surface area contributed by atoms with Gasteiger partial charge in [-0.15, -0.1) is 0 Å². The number of methoxy groups -OCH3 is 1. The van der Waals surface area contributed by atoms with Gasteiger partial charge in [-0.05, 0) is 12.5 Å². The zero-order chi connectivity index (χ0) is 9.68. The smallest absolute Gasteiger partial charge is 0.0799 e. The highest BCUT2D eigenvalue weighted by Gasteiger charge is 2.06. The second-order valence-corrected chi connectivity index (χ2v) is 2.75. The third kappa shape index (κ3) is 2.29. The Balaban J connectivity index is 3.04. The molecule has 70 valence electrons. The van der Waals surface area contributed by atoms with E-state index in [1.54, 1.807) is 7.11 Å². The van der Waals surface area contributed by atoms with Gasteiger partial charge >= 0.3 is 0 Å². The first-order valence-electron chi connectivity index (χ1n) is 4.08. The lowest BCUT2D eigenvalue weighted by Crippen LogP contribution is -2.00. The average Bonchev–Trinajstić information content (AvgIpc) is 2.18. The van der Waals surface area contributed by atoms with Gasteiger partial charge in [0.2, 0.25) is 0 Å². The zero-order valence-corrected chi connectivity index (χ0v) is 7.77. The lowest BCUT2D eigenvalue weighted by atomic mass is 10.0. The molecule has 0 bridgehead atoms. The lowest BCUT2D eigenvalue weighted by molar-refractivity contribution is 0.119. The van der Waals surface area contributed by atoms with Crippen LogP contribution in [-0.2, 0) is 4.74 Å². The molecule has 1 N–H and O–H groups in total. The second-order valence-electron chi connectivity index (χ2n) is 2.75. The van der Waals surface area contributed by atoms with Crippen molar-refractivity contribution in [1.29, 1.82) is 0 Å². The van der Waals surface area contributed by atoms with Crippen molar-refractivity contribution in [3.63, 3.8) is 0 Å². The fourth-order valence-electron chi connectivity index (χ4n) is 1.19. The molecular formula is C10H13NO2. The van der Waals surface area contributed by atoms with Crippen LogP contribution in [0.3, 0.4) is 0 Å². The largest absolute Gasteiger partial charge is 0.411 e. The van der Waals surface area contributed by atoms with E-state index in [2.05, 4.69) is 5.16 Å². The van der Waals surface area contributed by atoms with Gasteiger partial charge in [-0.25, -0.2) is 0 Å². The minimum atomic E-state index is 0.00852. The van der Waals surface area contributed by atoms with Crippen molar-refractivity contribution in [2.24, 2.45) is 5.16 Å². The van der Waals surface area contributed by atoms with Crippen LogP contribution in [0.15, 0.2) is 29.4 Å². The van der Waals surface area contributed by atoms with E-state index in [9.17, 15) is 0 Å². The summed E-state index contributed by atoms with van der Waals surface area (Å²) < 4.78 is 5.18. The standard InChI is InChI=1S/C10H13NO2/c1-8(13-2)10-6-4-3-5-9(10)7-11-12/h3-8,12H,1-2H3/b11-7+. The van der Waals surface area contributed by atoms with Crippen LogP contribution in [0.5, 0.6) is 0 Å². The summed E-state index contributed by atoms with van der Waals surface area (Å²) in [5.74, 6) is 0. The molecule has 3 nitrogen and oxygen atoms in total. The molecule has 1 atom stereocenters. The molecule has 13 heavy (non-hydrogen) atoms. The van der Waals surface area contributed by atoms with Gasteiger partial charge in [0, 0.05) is 12.7 Å². The predicted octanol–water partition coefficient (Wildman–Crippen LogP) is 2.20. The fourth-order valence-corrected chi connectivity index (χ4v) is 1.19. The molecule has 1 unspecified atom stereocenters. The summed E-state index contributed by atoms with van der Waals surface area (Å²) in [6.07, 6.45) is 1.42. The summed E-state index contributed by atoms with van der Waals surface area (Å²) in [5.41, 5.74) is 1.89. The highest BCUT2D eigenvalue weighted by Crippen LogP contribution is 2.18. The van der Waals surface area contributed by atoms with Crippen LogP contribution < -0.4 is 0 Å². The van der Waals surface area contributed by atoms with E-state index in [4.69, 9.17) is 9.94 Å². The Morgan fingerprint density at radius 1 is 1.46 bits per heavy atom. The molecule has 1 rings (SSSR count). The van der Waals surface area contributed by atoms with Gasteiger partial charge in [0.25, 0.3) is 0 Å². The Morgan fingerprint density at radius 2 is 2.15 bits per heavy atom. The van der Waals surface area contributed by atoms with E-state index >= 15 is 0 Å². The summed E-state index contributed by atoms with van der Waals surface area (Å²) >= 11 is 0. The summed E-state index contributed by atoms with van der Waals surface area (Å²) in [5, 5.41) is 11.4. The zero-order valence-electron chi connectivity index (χ0n) is 7.77. The third-order valence-corrected chi connectivity index (χ3v) is 1.98. The monoisotopic (exact) mass is 179 g/mol. The van der Waals surface area contributed by atoms with Crippen molar-refractivity contribution in [2.75, 3.05) is 7.11 Å². The van der Waals surface area contributed by atoms with E-state index in [1.807, 2.05) is 31.2 Å². The first-order valence-corrected chi connectivity index (χ1v) is 4.08. The predicted molar refractivity (Wildman–Crippen MR) is 51.2 cm³/mol. The van der Waals surface area contributed by atoms with Gasteiger partial charge in [0.05, 0.1) is 12.3 Å². The number of oxime groups is 1. The van der Waals surface area contributed by atoms with Gasteiger partial charge in [-0.2, -0.15) is 0 Å². The molecule has 0 saturated carbocycles. The maximum atomic E-state index is 8.43. The number of benzene rings is 1. The number of hydrogen-bond donors (Lipinski definition) is 1. The molecule has 0 saturated heterocycles. The van der Waals surface area contributed by atoms with Gasteiger partial charge in [-0.1, -0.05) is 29.4 Å². The maximum Gasteiger partial charge on any atom is 0.0799 e. The Morgan fingerprint density at radius 3 is 2.77 bits per heavy atom. The minimum Gasteiger partial charge on any atom is -0.411 e. The molecule has 0 heterocycles. The molecule has 0 radical (unpaired) electrons. The first-order chi connectivity index (χ1) is 6.29. The first kappa shape index (κ1) is 9.74. The van der Waals surface area contributed by atoms with Crippen molar-refractivity contribution in [2.45, 2.75) is 13.0 Å². The van der Waals surface area contributed by atoms with Gasteiger partial charge < -0.3 is 9.94 Å². The molecule has 0 spiro atoms. The second kappa shape index (κ2) is 4.62. The van der Waals surface area contributed by atoms with Crippen LogP contribution in [0, 0.1) is 0 Å². The molecule has 0 amide bonds. The van der Waals surface area contributed by atoms with E-state index in [-0.39, 0.29) is 6.10 Å². The molecule has 0 aromatic heterocycles. The Hall–Kier alpha value is -1.35. The van der Waals surface area contributed by atoms with Crippen molar-refractivity contribution in [3.8, 4) is 0 Å². The highest BCUT2D eigenvalue weighted by atomic mass is 16.5. The SMILES string of the molecule is COC(C)c1ccccc1/C=N/O. The summed E-state index contributed by atoms with van der Waals surface area (Å²) in [6.45, 7) is 1.95. The molecule has 1 aromatic carbocycles. The van der Waals surface area contributed by atoms with E-state index in [0.29, 0.717) is 0 Å². The molecule has 0 aliphatic carbocycles. The normalized spacial score (nSPS) is 13.4. The van der Waals surface area contributed by atoms with E-state index < -0.39 is 0 Å². The van der Waals surface area contributed by atoms with Crippen LogP contribution >= 0.6 is 0 Å². The fraction of sp³-hybridized carbons (Fsp3) is 0.300. The lowest BCUT2D eigenvalue weighted by Gasteiger charge is -2.11. The van der Waals surface area contributed by atoms with Crippen LogP contribution in [0.4, 0.5) is 0 Å². The molecule has 0 aliphatic heterocycles. The van der Waals surface area contributed by atoms with Gasteiger partial charge in [0.15, 0.2) is 0 Å². The van der Waals surface area contributed by atoms with E-state index in [1.165, 1.54) is 6.21 Å². The summed E-state index contributed by atoms with van der Waals surface area (Å²) in [7, 11) is 1.65. The molecule has 3 heteroatoms. The number of hydrogen-bond acceptors (Lipinski definition) is 3. The number of rotatable bonds is 3. The van der Waals surface area contributed by atoms with Crippen molar-refractivity contribution in [3.05, 3.63) is 35.4 Å². The average molecular weight is 179 g/mol. The summed E-state index contributed by atoms with van der Waals surface area (Å²) in [6, 6.07) is 7.65. The summed E-state index contributed by atoms with van der Waals surface area (Å²) in [4.78, 5) is 0. The molecule has 0 aliphatic rings.